The normalized spacial score (nSPS) is 17.4. The molecule has 11 nitrogen and oxygen atoms in total. The van der Waals surface area contributed by atoms with E-state index in [1.54, 1.807) is 13.2 Å². The number of rotatable bonds is 10. The monoisotopic (exact) mass is 632 g/mol. The third kappa shape index (κ3) is 7.40. The van der Waals surface area contributed by atoms with Gasteiger partial charge < -0.3 is 33.3 Å². The van der Waals surface area contributed by atoms with Gasteiger partial charge in [-0.25, -0.2) is 4.79 Å². The van der Waals surface area contributed by atoms with E-state index in [9.17, 15) is 14.4 Å². The molecule has 0 N–H and O–H groups in total. The van der Waals surface area contributed by atoms with Crippen molar-refractivity contribution in [2.24, 2.45) is 0 Å². The van der Waals surface area contributed by atoms with Crippen LogP contribution < -0.4 is 18.9 Å². The zero-order valence-corrected chi connectivity index (χ0v) is 26.8. The number of methoxy groups -OCH3 is 2. The molecule has 1 atom stereocenters. The molecule has 5 rings (SSSR count). The van der Waals surface area contributed by atoms with Crippen molar-refractivity contribution in [3.05, 3.63) is 58.2 Å². The topological polar surface area (TPSA) is 113 Å². The molecule has 2 aromatic rings. The van der Waals surface area contributed by atoms with Crippen molar-refractivity contribution in [2.45, 2.75) is 45.8 Å². The van der Waals surface area contributed by atoms with Gasteiger partial charge in [0.25, 0.3) is 5.91 Å². The van der Waals surface area contributed by atoms with E-state index in [-0.39, 0.29) is 38.1 Å². The molecule has 2 aromatic carbocycles. The summed E-state index contributed by atoms with van der Waals surface area (Å²) in [5.41, 5.74) is 3.73. The maximum atomic E-state index is 13.1. The molecule has 3 aliphatic rings. The van der Waals surface area contributed by atoms with Gasteiger partial charge in [-0.05, 0) is 44.4 Å². The van der Waals surface area contributed by atoms with E-state index < -0.39 is 12.1 Å². The molecule has 0 saturated carbocycles. The van der Waals surface area contributed by atoms with Gasteiger partial charge in [0.05, 0.1) is 20.8 Å². The van der Waals surface area contributed by atoms with Crippen LogP contribution in [0.3, 0.4) is 0 Å². The Bertz CT molecular complexity index is 1560. The van der Waals surface area contributed by atoms with Crippen molar-refractivity contribution < 1.29 is 42.8 Å². The number of amides is 1. The zero-order chi connectivity index (χ0) is 32.6. The molecular weight excluding hydrogens is 592 g/mol. The Morgan fingerprint density at radius 1 is 1.02 bits per heavy atom. The van der Waals surface area contributed by atoms with E-state index in [0.29, 0.717) is 74.1 Å². The van der Waals surface area contributed by atoms with Crippen molar-refractivity contribution in [1.29, 1.82) is 0 Å². The summed E-state index contributed by atoms with van der Waals surface area (Å²) in [5, 5.41) is 0. The van der Waals surface area contributed by atoms with E-state index >= 15 is 0 Å². The Morgan fingerprint density at radius 3 is 2.52 bits per heavy atom. The molecule has 0 bridgehead atoms. The number of benzene rings is 2. The summed E-state index contributed by atoms with van der Waals surface area (Å²) in [7, 11) is 2.97. The molecule has 1 fully saturated rings. The number of hydrogen-bond donors (Lipinski definition) is 0. The zero-order valence-electron chi connectivity index (χ0n) is 26.8. The number of ether oxygens (including phenoxy) is 6. The van der Waals surface area contributed by atoms with E-state index in [4.69, 9.17) is 28.4 Å². The smallest absolute Gasteiger partial charge is 0.342 e. The largest absolute Gasteiger partial charge is 0.496 e. The lowest BCUT2D eigenvalue weighted by atomic mass is 9.94. The van der Waals surface area contributed by atoms with Crippen molar-refractivity contribution in [2.75, 3.05) is 60.2 Å². The molecule has 0 aliphatic carbocycles. The summed E-state index contributed by atoms with van der Waals surface area (Å²) in [6.45, 7) is 7.33. The van der Waals surface area contributed by atoms with Crippen LogP contribution in [0, 0.1) is 18.8 Å². The number of carbonyl (C=O) groups excluding carboxylic acids is 3. The number of fused-ring (bicyclic) bond motifs is 2. The molecule has 3 heterocycles. The number of allylic oxidation sites excluding steroid dienone is 2. The highest BCUT2D eigenvalue weighted by Crippen LogP contribution is 2.43. The molecule has 1 amide bonds. The first-order chi connectivity index (χ1) is 22.3. The second kappa shape index (κ2) is 15.1. The minimum Gasteiger partial charge on any atom is -0.496 e. The van der Waals surface area contributed by atoms with E-state index in [1.807, 2.05) is 43.0 Å². The molecule has 0 spiro atoms. The van der Waals surface area contributed by atoms with Crippen molar-refractivity contribution in [1.82, 2.24) is 9.80 Å². The van der Waals surface area contributed by atoms with Crippen molar-refractivity contribution in [3.8, 4) is 34.8 Å². The van der Waals surface area contributed by atoms with Crippen LogP contribution in [0.1, 0.15) is 46.8 Å². The van der Waals surface area contributed by atoms with Crippen LogP contribution >= 0.6 is 0 Å². The highest BCUT2D eigenvalue weighted by Gasteiger charge is 2.34. The number of cyclic esters (lactones) is 1. The summed E-state index contributed by atoms with van der Waals surface area (Å²) in [4.78, 5) is 41.4. The summed E-state index contributed by atoms with van der Waals surface area (Å²) in [5.74, 6) is 7.76. The molecule has 1 saturated heterocycles. The fourth-order valence-electron chi connectivity index (χ4n) is 5.75. The molecular formula is C35H40N2O9. The van der Waals surface area contributed by atoms with Crippen molar-refractivity contribution >= 4 is 17.8 Å². The standard InChI is InChI=1S/C35H40N2O9/c1-23(12-14-30(38)41-3)11-13-25-32(42-4)24(2)26-21-45-35(40)31(26)33(25)43-20-8-7-15-36-16-18-37(19-17-36)34(39)29-22-44-27-9-5-6-10-28(27)46-29/h5-6,9-11,29H,12-22H2,1-4H3/b23-11+. The highest BCUT2D eigenvalue weighted by molar-refractivity contribution is 5.98. The number of hydrogen-bond acceptors (Lipinski definition) is 10. The van der Waals surface area contributed by atoms with E-state index in [2.05, 4.69) is 16.7 Å². The lowest BCUT2D eigenvalue weighted by Gasteiger charge is -2.36. The van der Waals surface area contributed by atoms with E-state index in [0.717, 1.165) is 22.3 Å². The first-order valence-electron chi connectivity index (χ1n) is 15.4. The molecule has 46 heavy (non-hydrogen) atoms. The van der Waals surface area contributed by atoms with Gasteiger partial charge in [0, 0.05) is 43.7 Å². The van der Waals surface area contributed by atoms with Gasteiger partial charge in [-0.15, -0.1) is 0 Å². The number of nitrogens with zero attached hydrogens (tertiary/aromatic N) is 2. The van der Waals surface area contributed by atoms with Crippen molar-refractivity contribution in [3.63, 3.8) is 0 Å². The minimum absolute atomic E-state index is 0.0717. The minimum atomic E-state index is -0.651. The quantitative estimate of drug-likeness (QED) is 0.219. The number of piperazine rings is 1. The Balaban J connectivity index is 1.18. The Kier molecular flexibility index (Phi) is 10.7. The van der Waals surface area contributed by atoms with Crippen LogP contribution in [0.2, 0.25) is 0 Å². The average Bonchev–Trinajstić information content (AvgIpc) is 3.48. The molecule has 3 aliphatic heterocycles. The summed E-state index contributed by atoms with van der Waals surface area (Å²) in [6.07, 6.45) is 2.63. The molecule has 0 radical (unpaired) electrons. The Hall–Kier alpha value is -4.69. The van der Waals surface area contributed by atoms with Gasteiger partial charge in [-0.2, -0.15) is 0 Å². The predicted octanol–water partition coefficient (Wildman–Crippen LogP) is 3.48. The average molecular weight is 633 g/mol. The fourth-order valence-corrected chi connectivity index (χ4v) is 5.75. The number of esters is 2. The van der Waals surface area contributed by atoms with Crippen LogP contribution in [-0.2, 0) is 32.1 Å². The van der Waals surface area contributed by atoms with Gasteiger partial charge in [-0.1, -0.05) is 35.6 Å². The second-order valence-corrected chi connectivity index (χ2v) is 11.3. The Labute approximate surface area is 269 Å². The third-order valence-corrected chi connectivity index (χ3v) is 8.42. The van der Waals surface area contributed by atoms with Crippen LogP contribution in [0.15, 0.2) is 35.9 Å². The summed E-state index contributed by atoms with van der Waals surface area (Å²) in [6, 6.07) is 7.36. The second-order valence-electron chi connectivity index (χ2n) is 11.3. The fraction of sp³-hybridized carbons (Fsp3) is 0.457. The maximum absolute atomic E-state index is 13.1. The van der Waals surface area contributed by atoms with Gasteiger partial charge in [-0.3, -0.25) is 14.5 Å². The summed E-state index contributed by atoms with van der Waals surface area (Å²) >= 11 is 0. The molecule has 0 aromatic heterocycles. The van der Waals surface area contributed by atoms with Crippen LogP contribution in [-0.4, -0.2) is 93.9 Å². The number of carbonyl (C=O) groups is 3. The maximum Gasteiger partial charge on any atom is 0.342 e. The highest BCUT2D eigenvalue weighted by atomic mass is 16.6. The van der Waals surface area contributed by atoms with Gasteiger partial charge in [0.2, 0.25) is 6.10 Å². The molecule has 244 valence electrons. The SMILES string of the molecule is COC(=O)CC/C(C)=C/Cc1c(OC)c(C)c2c(c1OCC#CCN1CCN(C(=O)C3COc4ccccc4O3)CC1)C(=O)OC2. The lowest BCUT2D eigenvalue weighted by molar-refractivity contribution is -0.143. The van der Waals surface area contributed by atoms with Crippen LogP contribution in [0.25, 0.3) is 0 Å². The lowest BCUT2D eigenvalue weighted by Crippen LogP contribution is -2.54. The third-order valence-electron chi connectivity index (χ3n) is 8.42. The molecule has 1 unspecified atom stereocenters. The first-order valence-corrected chi connectivity index (χ1v) is 15.4. The van der Waals surface area contributed by atoms with Crippen LogP contribution in [0.5, 0.6) is 23.0 Å². The van der Waals surface area contributed by atoms with Crippen LogP contribution in [0.4, 0.5) is 0 Å². The van der Waals surface area contributed by atoms with Gasteiger partial charge in [0.15, 0.2) is 11.5 Å². The van der Waals surface area contributed by atoms with Gasteiger partial charge in [0.1, 0.15) is 36.9 Å². The predicted molar refractivity (Wildman–Crippen MR) is 168 cm³/mol. The molecule has 11 heteroatoms. The summed E-state index contributed by atoms with van der Waals surface area (Å²) < 4.78 is 33.7. The first kappa shape index (κ1) is 32.7. The van der Waals surface area contributed by atoms with Gasteiger partial charge >= 0.3 is 11.9 Å². The number of para-hydroxylation sites is 2. The van der Waals surface area contributed by atoms with E-state index in [1.165, 1.54) is 7.11 Å². The Morgan fingerprint density at radius 2 is 1.78 bits per heavy atom.